The van der Waals surface area contributed by atoms with E-state index >= 15 is 0 Å². The Kier molecular flexibility index (Phi) is 1.72. The second-order valence-corrected chi connectivity index (χ2v) is 1.93. The third-order valence-electron chi connectivity index (χ3n) is 1.13. The topological polar surface area (TPSA) is 24.1 Å². The lowest BCUT2D eigenvalue weighted by molar-refractivity contribution is -0.915. The molecule has 0 aromatic carbocycles. The Balaban J connectivity index is 3.14. The van der Waals surface area contributed by atoms with Crippen LogP contribution in [0.15, 0.2) is 24.4 Å². The molecule has 0 aliphatic heterocycles. The van der Waals surface area contributed by atoms with Gasteiger partial charge < -0.3 is 0 Å². The van der Waals surface area contributed by atoms with Crippen LogP contribution in [0.3, 0.4) is 0 Å². The molecule has 1 N–H and O–H groups in total. The molecule has 0 spiro atoms. The summed E-state index contributed by atoms with van der Waals surface area (Å²) in [5.74, 6) is 0. The van der Waals surface area contributed by atoms with Crippen LogP contribution in [-0.2, 0) is 6.18 Å². The first kappa shape index (κ1) is 7.84. The van der Waals surface area contributed by atoms with Crippen LogP contribution in [0.1, 0.15) is 5.69 Å². The van der Waals surface area contributed by atoms with E-state index in [-0.39, 0.29) is 4.73 Å². The first-order valence-corrected chi connectivity index (χ1v) is 2.79. The van der Waals surface area contributed by atoms with E-state index in [1.165, 1.54) is 12.1 Å². The van der Waals surface area contributed by atoms with Gasteiger partial charge in [-0.05, 0) is 6.07 Å². The summed E-state index contributed by atoms with van der Waals surface area (Å²) in [6.07, 6.45) is -3.58. The zero-order chi connectivity index (χ0) is 8.48. The van der Waals surface area contributed by atoms with E-state index in [1.54, 1.807) is 0 Å². The largest absolute Gasteiger partial charge is 0.482 e. The Labute approximate surface area is 60.5 Å². The Morgan fingerprint density at radius 3 is 2.27 bits per heavy atom. The van der Waals surface area contributed by atoms with E-state index in [4.69, 9.17) is 5.21 Å². The molecule has 0 saturated carbocycles. The molecule has 1 heterocycles. The Hall–Kier alpha value is -1.26. The minimum atomic E-state index is -4.50. The maximum atomic E-state index is 11.9. The Bertz CT molecular complexity index is 258. The first-order valence-electron chi connectivity index (χ1n) is 2.79. The summed E-state index contributed by atoms with van der Waals surface area (Å²) in [5.41, 5.74) is -1.08. The van der Waals surface area contributed by atoms with Gasteiger partial charge in [-0.25, -0.2) is 0 Å². The summed E-state index contributed by atoms with van der Waals surface area (Å²) < 4.78 is 35.6. The number of rotatable bonds is 0. The smallest absolute Gasteiger partial charge is 0.285 e. The van der Waals surface area contributed by atoms with Crippen molar-refractivity contribution in [2.75, 3.05) is 0 Å². The summed E-state index contributed by atoms with van der Waals surface area (Å²) in [5, 5.41) is 8.64. The van der Waals surface area contributed by atoms with Gasteiger partial charge in [-0.3, -0.25) is 5.21 Å². The molecule has 0 atom stereocenters. The average molecular weight is 164 g/mol. The van der Waals surface area contributed by atoms with Crippen molar-refractivity contribution >= 4 is 0 Å². The fourth-order valence-corrected chi connectivity index (χ4v) is 0.659. The number of pyridine rings is 1. The number of hydrogen-bond donors (Lipinski definition) is 1. The van der Waals surface area contributed by atoms with Crippen molar-refractivity contribution in [3.8, 4) is 0 Å². The van der Waals surface area contributed by atoms with Gasteiger partial charge in [-0.2, -0.15) is 13.2 Å². The summed E-state index contributed by atoms with van der Waals surface area (Å²) in [7, 11) is 0. The van der Waals surface area contributed by atoms with Crippen molar-refractivity contribution in [1.82, 2.24) is 0 Å². The van der Waals surface area contributed by atoms with Gasteiger partial charge in [0.25, 0.3) is 0 Å². The molecule has 11 heavy (non-hydrogen) atoms. The minimum absolute atomic E-state index is 0.0417. The second-order valence-electron chi connectivity index (χ2n) is 1.93. The van der Waals surface area contributed by atoms with Crippen molar-refractivity contribution < 1.29 is 23.1 Å². The highest BCUT2D eigenvalue weighted by Gasteiger charge is 2.41. The zero-order valence-electron chi connectivity index (χ0n) is 5.34. The standard InChI is InChI=1S/C6H5F3NO/c7-6(8,9)5-3-1-2-4-10(5)11/h1-4,11H/q+1. The predicted molar refractivity (Wildman–Crippen MR) is 28.8 cm³/mol. The van der Waals surface area contributed by atoms with Crippen LogP contribution in [0, 0.1) is 0 Å². The first-order chi connectivity index (χ1) is 5.02. The molecule has 0 aliphatic carbocycles. The molecule has 1 rings (SSSR count). The lowest BCUT2D eigenvalue weighted by Crippen LogP contribution is -2.38. The molecule has 0 fully saturated rings. The van der Waals surface area contributed by atoms with Crippen LogP contribution in [-0.4, -0.2) is 5.21 Å². The van der Waals surface area contributed by atoms with E-state index in [0.717, 1.165) is 12.3 Å². The quantitative estimate of drug-likeness (QED) is 0.452. The fourth-order valence-electron chi connectivity index (χ4n) is 0.659. The number of hydrogen-bond acceptors (Lipinski definition) is 1. The van der Waals surface area contributed by atoms with Crippen molar-refractivity contribution in [3.63, 3.8) is 0 Å². The Morgan fingerprint density at radius 2 is 1.91 bits per heavy atom. The van der Waals surface area contributed by atoms with E-state index in [1.807, 2.05) is 0 Å². The molecule has 0 radical (unpaired) electrons. The molecule has 5 heteroatoms. The molecule has 60 valence electrons. The molecule has 2 nitrogen and oxygen atoms in total. The van der Waals surface area contributed by atoms with Crippen LogP contribution in [0.4, 0.5) is 13.2 Å². The lowest BCUT2D eigenvalue weighted by Gasteiger charge is -1.99. The molecule has 0 saturated heterocycles. The fraction of sp³-hybridized carbons (Fsp3) is 0.167. The normalized spacial score (nSPS) is 11.5. The lowest BCUT2D eigenvalue weighted by atomic mass is 10.3. The van der Waals surface area contributed by atoms with Gasteiger partial charge in [0.15, 0.2) is 0 Å². The third kappa shape index (κ3) is 1.60. The number of halogens is 3. The molecule has 0 aliphatic rings. The highest BCUT2D eigenvalue weighted by molar-refractivity contribution is 5.00. The van der Waals surface area contributed by atoms with E-state index in [9.17, 15) is 13.2 Å². The van der Waals surface area contributed by atoms with Gasteiger partial charge in [0.1, 0.15) is 0 Å². The van der Waals surface area contributed by atoms with Crippen molar-refractivity contribution in [2.45, 2.75) is 6.18 Å². The van der Waals surface area contributed by atoms with E-state index < -0.39 is 11.9 Å². The van der Waals surface area contributed by atoms with Gasteiger partial charge in [0.2, 0.25) is 6.20 Å². The van der Waals surface area contributed by atoms with Crippen molar-refractivity contribution in [2.24, 2.45) is 0 Å². The van der Waals surface area contributed by atoms with Gasteiger partial charge in [-0.1, -0.05) is 0 Å². The van der Waals surface area contributed by atoms with Gasteiger partial charge in [0.05, 0.1) is 0 Å². The van der Waals surface area contributed by atoms with Crippen molar-refractivity contribution in [3.05, 3.63) is 30.1 Å². The Morgan fingerprint density at radius 1 is 1.27 bits per heavy atom. The molecule has 0 amide bonds. The molecule has 0 bridgehead atoms. The molecule has 0 unspecified atom stereocenters. The van der Waals surface area contributed by atoms with Gasteiger partial charge in [0, 0.05) is 16.9 Å². The van der Waals surface area contributed by atoms with E-state index in [0.29, 0.717) is 0 Å². The van der Waals surface area contributed by atoms with Crippen LogP contribution >= 0.6 is 0 Å². The summed E-state index contributed by atoms with van der Waals surface area (Å²) in [6.45, 7) is 0. The molecular formula is C6H5F3NO+. The van der Waals surface area contributed by atoms with Gasteiger partial charge >= 0.3 is 11.9 Å². The van der Waals surface area contributed by atoms with Crippen LogP contribution in [0.5, 0.6) is 0 Å². The molecule has 1 aromatic rings. The zero-order valence-corrected chi connectivity index (χ0v) is 5.34. The number of alkyl halides is 3. The minimum Gasteiger partial charge on any atom is -0.285 e. The SMILES string of the molecule is O[n+]1ccccc1C(F)(F)F. The van der Waals surface area contributed by atoms with Crippen LogP contribution in [0.2, 0.25) is 0 Å². The highest BCUT2D eigenvalue weighted by Crippen LogP contribution is 2.25. The van der Waals surface area contributed by atoms with E-state index in [2.05, 4.69) is 0 Å². The summed E-state index contributed by atoms with van der Waals surface area (Å²) >= 11 is 0. The molecular weight excluding hydrogens is 159 g/mol. The molecule has 1 aromatic heterocycles. The van der Waals surface area contributed by atoms with Gasteiger partial charge in [-0.15, -0.1) is 0 Å². The second kappa shape index (κ2) is 2.41. The van der Waals surface area contributed by atoms with Crippen LogP contribution in [0.25, 0.3) is 0 Å². The number of aromatic nitrogens is 1. The van der Waals surface area contributed by atoms with Crippen LogP contribution < -0.4 is 4.73 Å². The average Bonchev–Trinajstić information content (AvgIpc) is 1.86. The predicted octanol–water partition coefficient (Wildman–Crippen LogP) is 1.23. The highest BCUT2D eigenvalue weighted by atomic mass is 19.4. The third-order valence-corrected chi connectivity index (χ3v) is 1.13. The summed E-state index contributed by atoms with van der Waals surface area (Å²) in [6, 6.07) is 3.30. The summed E-state index contributed by atoms with van der Waals surface area (Å²) in [4.78, 5) is 0. The maximum Gasteiger partial charge on any atom is 0.482 e. The number of nitrogens with zero attached hydrogens (tertiary/aromatic N) is 1. The maximum absolute atomic E-state index is 11.9. The van der Waals surface area contributed by atoms with Crippen molar-refractivity contribution in [1.29, 1.82) is 0 Å². The monoisotopic (exact) mass is 164 g/mol.